The van der Waals surface area contributed by atoms with E-state index in [1.165, 1.54) is 0 Å². The lowest BCUT2D eigenvalue weighted by Crippen LogP contribution is -3.02. The van der Waals surface area contributed by atoms with Crippen molar-refractivity contribution in [1.82, 2.24) is 9.97 Å². The van der Waals surface area contributed by atoms with E-state index in [4.69, 9.17) is 0 Å². The summed E-state index contributed by atoms with van der Waals surface area (Å²) in [6.45, 7) is 0. The lowest BCUT2D eigenvalue weighted by molar-refractivity contribution is -0.751. The Morgan fingerprint density at radius 3 is 2.13 bits per heavy atom. The minimum Gasteiger partial charge on any atom is -0.623 e. The maximum absolute atomic E-state index is 13.3. The van der Waals surface area contributed by atoms with Crippen LogP contribution in [0.15, 0.2) is 112 Å². The summed E-state index contributed by atoms with van der Waals surface area (Å²) < 4.78 is 0. The molecule has 0 amide bonds. The number of hydrogen-bond donors (Lipinski definition) is 2. The molecule has 1 atom stereocenters. The van der Waals surface area contributed by atoms with Crippen molar-refractivity contribution < 1.29 is 5.06 Å². The van der Waals surface area contributed by atoms with Crippen LogP contribution in [-0.4, -0.2) is 21.4 Å². The summed E-state index contributed by atoms with van der Waals surface area (Å²) in [5.74, 6) is 0. The molecule has 2 N–H and O–H groups in total. The molecular formula is C25H17N5O. The van der Waals surface area contributed by atoms with Gasteiger partial charge in [-0.15, -0.1) is 0 Å². The van der Waals surface area contributed by atoms with E-state index in [1.807, 2.05) is 85.0 Å². The predicted molar refractivity (Wildman–Crippen MR) is 122 cm³/mol. The van der Waals surface area contributed by atoms with Crippen molar-refractivity contribution in [2.45, 2.75) is 0 Å². The molecule has 31 heavy (non-hydrogen) atoms. The number of nitrogens with one attached hydrogen (secondary N) is 2. The molecule has 0 saturated carbocycles. The van der Waals surface area contributed by atoms with E-state index in [2.05, 4.69) is 20.0 Å². The van der Waals surface area contributed by atoms with Gasteiger partial charge < -0.3 is 15.3 Å². The van der Waals surface area contributed by atoms with E-state index >= 15 is 0 Å². The van der Waals surface area contributed by atoms with E-state index in [-0.39, 0.29) is 5.06 Å². The van der Waals surface area contributed by atoms with Gasteiger partial charge in [0.1, 0.15) is 11.4 Å². The molecule has 6 rings (SSSR count). The molecule has 2 aromatic heterocycles. The van der Waals surface area contributed by atoms with E-state index in [0.717, 1.165) is 44.8 Å². The number of aliphatic imine (C=N–C) groups is 2. The van der Waals surface area contributed by atoms with Crippen LogP contribution in [0, 0.1) is 5.21 Å². The number of aromatic nitrogens is 2. The van der Waals surface area contributed by atoms with Gasteiger partial charge in [-0.1, -0.05) is 6.07 Å². The number of aromatic amines is 1. The van der Waals surface area contributed by atoms with Crippen molar-refractivity contribution in [1.29, 1.82) is 0 Å². The summed E-state index contributed by atoms with van der Waals surface area (Å²) >= 11 is 0. The van der Waals surface area contributed by atoms with Gasteiger partial charge in [-0.05, 0) is 60.7 Å². The van der Waals surface area contributed by atoms with E-state index < -0.39 is 0 Å². The second kappa shape index (κ2) is 6.98. The maximum atomic E-state index is 13.3. The molecule has 0 saturated heterocycles. The minimum atomic E-state index is -0.0537. The summed E-state index contributed by atoms with van der Waals surface area (Å²) in [6.07, 6.45) is 19.0. The number of hydroxylamine groups is 2. The molecular weight excluding hydrogens is 386 g/mol. The highest BCUT2D eigenvalue weighted by Gasteiger charge is 2.25. The average molecular weight is 403 g/mol. The van der Waals surface area contributed by atoms with Crippen LogP contribution in [0.2, 0.25) is 0 Å². The average Bonchev–Trinajstić information content (AvgIpc) is 3.56. The number of allylic oxidation sites excluding steroid dienone is 8. The molecule has 0 fully saturated rings. The maximum Gasteiger partial charge on any atom is 0.148 e. The van der Waals surface area contributed by atoms with Crippen LogP contribution < -0.4 is 15.8 Å². The third-order valence-electron chi connectivity index (χ3n) is 5.34. The first-order chi connectivity index (χ1) is 15.2. The van der Waals surface area contributed by atoms with Gasteiger partial charge in [-0.25, -0.2) is 9.98 Å². The molecule has 0 radical (unpaired) electrons. The third kappa shape index (κ3) is 3.30. The molecule has 4 aliphatic heterocycles. The Labute approximate surface area is 178 Å². The van der Waals surface area contributed by atoms with Gasteiger partial charge in [-0.2, -0.15) is 0 Å². The van der Waals surface area contributed by atoms with Crippen molar-refractivity contribution in [3.05, 3.63) is 123 Å². The van der Waals surface area contributed by atoms with Gasteiger partial charge >= 0.3 is 0 Å². The number of nitrogens with zero attached hydrogens (tertiary/aromatic N) is 3. The highest BCUT2D eigenvalue weighted by atomic mass is 16.5. The highest BCUT2D eigenvalue weighted by Crippen LogP contribution is 2.25. The second-order valence-corrected chi connectivity index (χ2v) is 7.51. The van der Waals surface area contributed by atoms with Crippen molar-refractivity contribution in [2.75, 3.05) is 0 Å². The van der Waals surface area contributed by atoms with Gasteiger partial charge in [0.2, 0.25) is 0 Å². The third-order valence-corrected chi connectivity index (χ3v) is 5.34. The topological polar surface area (TPSA) is 80.9 Å². The number of rotatable bonds is 1. The normalized spacial score (nSPS) is 21.2. The van der Waals surface area contributed by atoms with Crippen LogP contribution in [0.4, 0.5) is 0 Å². The Kier molecular flexibility index (Phi) is 3.99. The Bertz CT molecular complexity index is 1470. The Morgan fingerprint density at radius 1 is 0.742 bits per heavy atom. The lowest BCUT2D eigenvalue weighted by atomic mass is 10.1. The first-order valence-electron chi connectivity index (χ1n) is 9.99. The van der Waals surface area contributed by atoms with Crippen molar-refractivity contribution >= 4 is 29.1 Å². The molecule has 0 aromatic carbocycles. The minimum absolute atomic E-state index is 0.0537. The molecule has 8 bridgehead atoms. The van der Waals surface area contributed by atoms with Gasteiger partial charge in [-0.3, -0.25) is 4.98 Å². The standard InChI is InChI=1S/C25H17N5O/c31-30-22-13-20-8-6-18(28-20)11-16-4-5-17(27-16)12-19-7-9-21(29-19)14-25(30)23(15-22)24-3-1-2-10-26-24/h1-15,27,30H. The summed E-state index contributed by atoms with van der Waals surface area (Å²) in [4.78, 5) is 17.1. The van der Waals surface area contributed by atoms with Gasteiger partial charge in [0, 0.05) is 35.1 Å². The van der Waals surface area contributed by atoms with Crippen LogP contribution in [0.25, 0.3) is 17.7 Å². The lowest BCUT2D eigenvalue weighted by Gasteiger charge is -2.19. The first kappa shape index (κ1) is 17.7. The number of hydrogen-bond acceptors (Lipinski definition) is 4. The molecule has 4 aliphatic rings. The van der Waals surface area contributed by atoms with Crippen LogP contribution in [-0.2, 0) is 0 Å². The number of H-pyrrole nitrogens is 1. The number of pyridine rings is 1. The predicted octanol–water partition coefficient (Wildman–Crippen LogP) is 1.47. The highest BCUT2D eigenvalue weighted by molar-refractivity contribution is 6.20. The van der Waals surface area contributed by atoms with Gasteiger partial charge in [0.05, 0.1) is 34.1 Å². The van der Waals surface area contributed by atoms with Crippen molar-refractivity contribution in [2.24, 2.45) is 9.98 Å². The molecule has 6 heteroatoms. The van der Waals surface area contributed by atoms with Crippen LogP contribution in [0.1, 0.15) is 5.69 Å². The van der Waals surface area contributed by atoms with E-state index in [0.29, 0.717) is 11.4 Å². The summed E-state index contributed by atoms with van der Waals surface area (Å²) in [7, 11) is 0. The fourth-order valence-electron chi connectivity index (χ4n) is 3.90. The zero-order valence-corrected chi connectivity index (χ0v) is 16.4. The molecule has 1 unspecified atom stereocenters. The molecule has 2 aromatic rings. The fraction of sp³-hybridized carbons (Fsp3) is 0. The monoisotopic (exact) mass is 403 g/mol. The van der Waals surface area contributed by atoms with Crippen LogP contribution in [0.3, 0.4) is 0 Å². The zero-order valence-electron chi connectivity index (χ0n) is 16.4. The van der Waals surface area contributed by atoms with Crippen molar-refractivity contribution in [3.8, 4) is 0 Å². The first-order valence-corrected chi connectivity index (χ1v) is 9.99. The summed E-state index contributed by atoms with van der Waals surface area (Å²) in [5.41, 5.74) is 5.85. The number of fused-ring (bicyclic) bond motifs is 6. The molecule has 6 nitrogen and oxygen atoms in total. The quantitative estimate of drug-likeness (QED) is 0.707. The Hall–Kier alpha value is -4.13. The van der Waals surface area contributed by atoms with Gasteiger partial charge in [0.25, 0.3) is 0 Å². The molecule has 6 heterocycles. The van der Waals surface area contributed by atoms with Crippen LogP contribution in [0.5, 0.6) is 0 Å². The SMILES string of the molecule is [O-][NH+]1C2=CC(c3ccccn3)=C1C=C1C=CC(=N1)C=c1ccc([nH]1)=CC1=NC(=C2)C=C1. The molecule has 148 valence electrons. The van der Waals surface area contributed by atoms with E-state index in [1.54, 1.807) is 6.20 Å². The smallest absolute Gasteiger partial charge is 0.148 e. The fourth-order valence-corrected chi connectivity index (χ4v) is 3.90. The van der Waals surface area contributed by atoms with E-state index in [9.17, 15) is 5.21 Å². The van der Waals surface area contributed by atoms with Crippen molar-refractivity contribution in [3.63, 3.8) is 0 Å². The summed E-state index contributed by atoms with van der Waals surface area (Å²) in [6, 6.07) is 9.71. The van der Waals surface area contributed by atoms with Crippen LogP contribution >= 0.6 is 0 Å². The molecule has 0 aliphatic carbocycles. The zero-order chi connectivity index (χ0) is 20.8. The molecule has 0 spiro atoms. The number of quaternary nitrogens is 1. The Morgan fingerprint density at radius 2 is 1.45 bits per heavy atom. The van der Waals surface area contributed by atoms with Gasteiger partial charge in [0.15, 0.2) is 0 Å². The second-order valence-electron chi connectivity index (χ2n) is 7.51. The Balaban J connectivity index is 1.57. The largest absolute Gasteiger partial charge is 0.623 e. The summed E-state index contributed by atoms with van der Waals surface area (Å²) in [5, 5.41) is 15.2.